The fraction of sp³-hybridized carbons (Fsp3) is 0.484. The molecule has 0 saturated carbocycles. The van der Waals surface area contributed by atoms with E-state index in [9.17, 15) is 0 Å². The Bertz CT molecular complexity index is 1270. The van der Waals surface area contributed by atoms with Crippen LogP contribution >= 0.6 is 0 Å². The number of aromatic nitrogens is 3. The van der Waals surface area contributed by atoms with Crippen LogP contribution in [0.3, 0.4) is 0 Å². The van der Waals surface area contributed by atoms with Gasteiger partial charge in [0.1, 0.15) is 0 Å². The van der Waals surface area contributed by atoms with E-state index in [0.29, 0.717) is 5.92 Å². The van der Waals surface area contributed by atoms with E-state index < -0.39 is 0 Å². The first-order valence-corrected chi connectivity index (χ1v) is 14.1. The molecule has 0 spiro atoms. The topological polar surface area (TPSA) is 39.9 Å². The summed E-state index contributed by atoms with van der Waals surface area (Å²) >= 11 is 0. The minimum absolute atomic E-state index is 0.343. The van der Waals surface area contributed by atoms with Gasteiger partial charge in [0.25, 0.3) is 0 Å². The fourth-order valence-electron chi connectivity index (χ4n) is 5.65. The summed E-state index contributed by atoms with van der Waals surface area (Å²) in [5.41, 5.74) is 8.90. The van der Waals surface area contributed by atoms with Crippen LogP contribution in [0.25, 0.3) is 11.1 Å². The van der Waals surface area contributed by atoms with Crippen LogP contribution in [0.1, 0.15) is 63.5 Å². The Balaban J connectivity index is 1.36. The number of fused-ring (bicyclic) bond motifs is 2. The Morgan fingerprint density at radius 1 is 1.05 bits per heavy atom. The summed E-state index contributed by atoms with van der Waals surface area (Å²) in [4.78, 5) is 12.1. The van der Waals surface area contributed by atoms with Gasteiger partial charge in [0.05, 0.1) is 34.5 Å². The molecule has 2 aromatic heterocycles. The summed E-state index contributed by atoms with van der Waals surface area (Å²) in [6.07, 6.45) is 19.2. The van der Waals surface area contributed by atoms with E-state index in [1.165, 1.54) is 42.8 Å². The molecule has 0 N–H and O–H groups in total. The third-order valence-electron chi connectivity index (χ3n) is 7.91. The van der Waals surface area contributed by atoms with Crippen LogP contribution in [0.5, 0.6) is 0 Å². The SMILES string of the molecule is C=C1C=C(c2cc3c(CC)nc(C)cn3n2)C(C)CC=C2C=CC(N3CCN(CCCCC)CC3)=CN12. The monoisotopic (exact) mass is 498 g/mol. The lowest BCUT2D eigenvalue weighted by Crippen LogP contribution is -2.46. The lowest BCUT2D eigenvalue weighted by molar-refractivity contribution is 0.158. The predicted molar refractivity (Wildman–Crippen MR) is 153 cm³/mol. The molecule has 0 aromatic carbocycles. The molecule has 0 radical (unpaired) electrons. The van der Waals surface area contributed by atoms with Gasteiger partial charge in [-0.1, -0.05) is 46.3 Å². The second kappa shape index (κ2) is 11.1. The Hall–Kier alpha value is -3.12. The largest absolute Gasteiger partial charge is 0.368 e. The molecular formula is C31H42N6. The number of unbranched alkanes of at least 4 members (excludes halogenated alkanes) is 2. The number of nitrogens with zero attached hydrogens (tertiary/aromatic N) is 6. The van der Waals surface area contributed by atoms with Crippen molar-refractivity contribution in [2.45, 2.75) is 59.8 Å². The summed E-state index contributed by atoms with van der Waals surface area (Å²) in [5, 5.41) is 4.97. The molecule has 1 unspecified atom stereocenters. The van der Waals surface area contributed by atoms with E-state index in [-0.39, 0.29) is 0 Å². The van der Waals surface area contributed by atoms with Gasteiger partial charge in [0.2, 0.25) is 0 Å². The minimum Gasteiger partial charge on any atom is -0.368 e. The summed E-state index contributed by atoms with van der Waals surface area (Å²) < 4.78 is 2.00. The van der Waals surface area contributed by atoms with Gasteiger partial charge in [-0.05, 0) is 68.5 Å². The molecule has 5 rings (SSSR count). The fourth-order valence-corrected chi connectivity index (χ4v) is 5.65. The third-order valence-corrected chi connectivity index (χ3v) is 7.91. The molecule has 0 bridgehead atoms. The zero-order valence-electron chi connectivity index (χ0n) is 23.1. The first-order valence-electron chi connectivity index (χ1n) is 14.1. The van der Waals surface area contributed by atoms with Gasteiger partial charge in [-0.3, -0.25) is 9.88 Å². The highest BCUT2D eigenvalue weighted by Crippen LogP contribution is 2.34. The molecule has 1 saturated heterocycles. The maximum absolute atomic E-state index is 4.97. The number of aryl methyl sites for hydroxylation is 2. The van der Waals surface area contributed by atoms with E-state index in [0.717, 1.165) is 67.3 Å². The van der Waals surface area contributed by atoms with Gasteiger partial charge in [-0.2, -0.15) is 5.10 Å². The van der Waals surface area contributed by atoms with Crippen molar-refractivity contribution in [3.05, 3.63) is 83.5 Å². The highest BCUT2D eigenvalue weighted by Gasteiger charge is 2.24. The van der Waals surface area contributed by atoms with Gasteiger partial charge in [-0.15, -0.1) is 0 Å². The van der Waals surface area contributed by atoms with E-state index in [1.807, 2.05) is 17.6 Å². The second-order valence-corrected chi connectivity index (χ2v) is 10.7. The lowest BCUT2D eigenvalue weighted by atomic mass is 9.91. The average molecular weight is 499 g/mol. The summed E-state index contributed by atoms with van der Waals surface area (Å²) in [5.74, 6) is 0.343. The van der Waals surface area contributed by atoms with Crippen molar-refractivity contribution in [2.75, 3.05) is 32.7 Å². The molecule has 0 aliphatic carbocycles. The number of hydrogen-bond donors (Lipinski definition) is 0. The van der Waals surface area contributed by atoms with E-state index in [2.05, 4.69) is 78.6 Å². The normalized spacial score (nSPS) is 20.9. The predicted octanol–water partition coefficient (Wildman–Crippen LogP) is 5.94. The van der Waals surface area contributed by atoms with Gasteiger partial charge < -0.3 is 9.80 Å². The number of hydrogen-bond acceptors (Lipinski definition) is 5. The van der Waals surface area contributed by atoms with E-state index in [4.69, 9.17) is 10.1 Å². The van der Waals surface area contributed by atoms with Gasteiger partial charge >= 0.3 is 0 Å². The van der Waals surface area contributed by atoms with Crippen LogP contribution in [0.15, 0.2) is 66.4 Å². The standard InChI is InChI=1S/C31H42N6/c1-6-8-9-14-34-15-17-35(18-16-34)27-13-12-26-11-10-23(3)28(19-25(5)36(26)22-27)30-20-31-29(7-2)32-24(4)21-37(31)33-30/h11-13,19-23H,5-10,14-18H2,1-4H3. The molecule has 6 heteroatoms. The lowest BCUT2D eigenvalue weighted by Gasteiger charge is -2.39. The smallest absolute Gasteiger partial charge is 0.0897 e. The molecule has 2 aromatic rings. The molecule has 1 fully saturated rings. The number of piperazine rings is 1. The Labute approximate surface area is 222 Å². The molecule has 3 aliphatic rings. The van der Waals surface area contributed by atoms with Gasteiger partial charge in [0.15, 0.2) is 0 Å². The maximum atomic E-state index is 4.97. The van der Waals surface area contributed by atoms with Crippen LogP contribution in [0.2, 0.25) is 0 Å². The van der Waals surface area contributed by atoms with Crippen LogP contribution in [-0.2, 0) is 6.42 Å². The highest BCUT2D eigenvalue weighted by molar-refractivity contribution is 5.72. The van der Waals surface area contributed by atoms with Crippen molar-refractivity contribution in [3.63, 3.8) is 0 Å². The van der Waals surface area contributed by atoms with Crippen molar-refractivity contribution in [3.8, 4) is 0 Å². The number of rotatable bonds is 7. The molecular weight excluding hydrogens is 456 g/mol. The summed E-state index contributed by atoms with van der Waals surface area (Å²) in [7, 11) is 0. The molecule has 3 aliphatic heterocycles. The average Bonchev–Trinajstić information content (AvgIpc) is 3.33. The van der Waals surface area contributed by atoms with Gasteiger partial charge in [0, 0.05) is 43.8 Å². The molecule has 196 valence electrons. The second-order valence-electron chi connectivity index (χ2n) is 10.7. The van der Waals surface area contributed by atoms with Crippen molar-refractivity contribution in [1.29, 1.82) is 0 Å². The first kappa shape index (κ1) is 25.5. The van der Waals surface area contributed by atoms with Crippen LogP contribution < -0.4 is 0 Å². The molecule has 0 amide bonds. The van der Waals surface area contributed by atoms with Crippen molar-refractivity contribution < 1.29 is 0 Å². The Kier molecular flexibility index (Phi) is 7.65. The molecule has 37 heavy (non-hydrogen) atoms. The van der Waals surface area contributed by atoms with Crippen molar-refractivity contribution in [1.82, 2.24) is 29.3 Å². The van der Waals surface area contributed by atoms with E-state index in [1.54, 1.807) is 0 Å². The first-order chi connectivity index (χ1) is 18.0. The zero-order chi connectivity index (χ0) is 25.9. The number of allylic oxidation sites excluding steroid dienone is 5. The Morgan fingerprint density at radius 3 is 2.59 bits per heavy atom. The quantitative estimate of drug-likeness (QED) is 0.442. The maximum Gasteiger partial charge on any atom is 0.0897 e. The molecule has 1 atom stereocenters. The van der Waals surface area contributed by atoms with Crippen molar-refractivity contribution >= 4 is 11.1 Å². The third kappa shape index (κ3) is 5.45. The molecule has 5 heterocycles. The minimum atomic E-state index is 0.343. The van der Waals surface area contributed by atoms with Crippen molar-refractivity contribution in [2.24, 2.45) is 5.92 Å². The highest BCUT2D eigenvalue weighted by atomic mass is 15.3. The van der Waals surface area contributed by atoms with Crippen LogP contribution in [0.4, 0.5) is 0 Å². The zero-order valence-corrected chi connectivity index (χ0v) is 23.1. The van der Waals surface area contributed by atoms with Crippen LogP contribution in [0, 0.1) is 12.8 Å². The summed E-state index contributed by atoms with van der Waals surface area (Å²) in [6, 6.07) is 2.20. The van der Waals surface area contributed by atoms with E-state index >= 15 is 0 Å². The van der Waals surface area contributed by atoms with Gasteiger partial charge in [-0.25, -0.2) is 4.52 Å². The molecule has 6 nitrogen and oxygen atoms in total. The summed E-state index contributed by atoms with van der Waals surface area (Å²) in [6.45, 7) is 18.9. The van der Waals surface area contributed by atoms with Crippen LogP contribution in [-0.4, -0.2) is 62.0 Å². The Morgan fingerprint density at radius 2 is 1.84 bits per heavy atom.